The van der Waals surface area contributed by atoms with Gasteiger partial charge in [0, 0.05) is 12.4 Å². The van der Waals surface area contributed by atoms with Crippen molar-refractivity contribution < 1.29 is 0 Å². The van der Waals surface area contributed by atoms with Crippen LogP contribution in [0.5, 0.6) is 0 Å². The molecule has 0 saturated carbocycles. The Kier molecular flexibility index (Phi) is 4.24. The van der Waals surface area contributed by atoms with Gasteiger partial charge in [-0.1, -0.05) is 54.6 Å². The number of rotatable bonds is 0. The normalized spacial score (nSPS) is 13.2. The van der Waals surface area contributed by atoms with Gasteiger partial charge < -0.3 is 0 Å². The lowest BCUT2D eigenvalue weighted by atomic mass is 9.86. The fraction of sp³-hybridized carbons (Fsp3) is 0.174. The zero-order chi connectivity index (χ0) is 16.2. The van der Waals surface area contributed by atoms with Gasteiger partial charge in [0.25, 0.3) is 0 Å². The average Bonchev–Trinajstić information content (AvgIpc) is 2.69. The lowest BCUT2D eigenvalue weighted by Gasteiger charge is -2.18. The van der Waals surface area contributed by atoms with Crippen molar-refractivity contribution in [3.05, 3.63) is 90.3 Å². The lowest BCUT2D eigenvalue weighted by Crippen LogP contribution is -2.02. The number of benzene rings is 3. The summed E-state index contributed by atoms with van der Waals surface area (Å²) in [5.41, 5.74) is 3.17. The summed E-state index contributed by atoms with van der Waals surface area (Å²) < 4.78 is 0. The molecule has 0 radical (unpaired) electrons. The van der Waals surface area contributed by atoms with Crippen LogP contribution in [0.3, 0.4) is 0 Å². The number of hydrogen-bond donors (Lipinski definition) is 0. The Morgan fingerprint density at radius 2 is 1.38 bits per heavy atom. The maximum absolute atomic E-state index is 3.78. The second-order valence-electron chi connectivity index (χ2n) is 6.32. The van der Waals surface area contributed by atoms with Gasteiger partial charge in [-0.2, -0.15) is 0 Å². The molecule has 5 rings (SSSR count). The third-order valence-corrected chi connectivity index (χ3v) is 4.82. The molecule has 24 heavy (non-hydrogen) atoms. The van der Waals surface area contributed by atoms with Crippen molar-refractivity contribution in [3.8, 4) is 0 Å². The Bertz CT molecular complexity index is 931. The van der Waals surface area contributed by atoms with Gasteiger partial charge in [-0.15, -0.1) is 0 Å². The van der Waals surface area contributed by atoms with Crippen LogP contribution in [0.15, 0.2) is 79.1 Å². The van der Waals surface area contributed by atoms with Crippen molar-refractivity contribution in [2.75, 3.05) is 0 Å². The predicted octanol–water partition coefficient (Wildman–Crippen LogP) is 5.95. The molecular formula is C23H21N. The molecule has 1 heteroatoms. The Balaban J connectivity index is 0.000000207. The fourth-order valence-corrected chi connectivity index (χ4v) is 3.66. The fourth-order valence-electron chi connectivity index (χ4n) is 3.66. The second-order valence-corrected chi connectivity index (χ2v) is 6.32. The number of nitrogens with zero attached hydrogens (tertiary/aromatic N) is 1. The van der Waals surface area contributed by atoms with Crippen LogP contribution in [-0.2, 0) is 12.8 Å². The number of aromatic nitrogens is 1. The first kappa shape index (κ1) is 14.9. The first-order valence-corrected chi connectivity index (χ1v) is 8.71. The van der Waals surface area contributed by atoms with Crippen molar-refractivity contribution >= 4 is 21.5 Å². The SMILES string of the molecule is c1ccc2c(c1)ccc1c3c(ccc12)CCCC3.c1ccncc1. The van der Waals surface area contributed by atoms with E-state index in [0.717, 1.165) is 0 Å². The molecule has 0 amide bonds. The molecule has 4 aromatic rings. The van der Waals surface area contributed by atoms with Gasteiger partial charge in [-0.05, 0) is 70.5 Å². The molecule has 0 N–H and O–H groups in total. The Hall–Kier alpha value is -2.67. The number of aryl methyl sites for hydroxylation is 2. The Morgan fingerprint density at radius 3 is 2.17 bits per heavy atom. The van der Waals surface area contributed by atoms with Gasteiger partial charge in [0.1, 0.15) is 0 Å². The van der Waals surface area contributed by atoms with Crippen molar-refractivity contribution in [2.45, 2.75) is 25.7 Å². The molecule has 3 aromatic carbocycles. The molecule has 0 unspecified atom stereocenters. The maximum Gasteiger partial charge on any atom is 0.0267 e. The highest BCUT2D eigenvalue weighted by Crippen LogP contribution is 2.33. The zero-order valence-corrected chi connectivity index (χ0v) is 13.8. The smallest absolute Gasteiger partial charge is 0.0267 e. The van der Waals surface area contributed by atoms with E-state index < -0.39 is 0 Å². The zero-order valence-electron chi connectivity index (χ0n) is 13.8. The second kappa shape index (κ2) is 6.84. The highest BCUT2D eigenvalue weighted by Gasteiger charge is 2.13. The molecule has 0 saturated heterocycles. The topological polar surface area (TPSA) is 12.9 Å². The van der Waals surface area contributed by atoms with Crippen LogP contribution in [0.4, 0.5) is 0 Å². The number of hydrogen-bond acceptors (Lipinski definition) is 1. The molecule has 1 heterocycles. The quantitative estimate of drug-likeness (QED) is 0.365. The third-order valence-electron chi connectivity index (χ3n) is 4.82. The van der Waals surface area contributed by atoms with Crippen molar-refractivity contribution in [3.63, 3.8) is 0 Å². The number of pyridine rings is 1. The molecule has 0 bridgehead atoms. The van der Waals surface area contributed by atoms with Crippen molar-refractivity contribution in [1.82, 2.24) is 4.98 Å². The molecule has 1 aliphatic rings. The molecule has 1 nitrogen and oxygen atoms in total. The van der Waals surface area contributed by atoms with Gasteiger partial charge in [-0.25, -0.2) is 0 Å². The molecule has 118 valence electrons. The van der Waals surface area contributed by atoms with Gasteiger partial charge >= 0.3 is 0 Å². The van der Waals surface area contributed by atoms with E-state index in [4.69, 9.17) is 0 Å². The Morgan fingerprint density at radius 1 is 0.583 bits per heavy atom. The van der Waals surface area contributed by atoms with E-state index in [2.05, 4.69) is 53.5 Å². The van der Waals surface area contributed by atoms with Crippen LogP contribution in [-0.4, -0.2) is 4.98 Å². The maximum atomic E-state index is 3.78. The molecule has 0 spiro atoms. The molecular weight excluding hydrogens is 290 g/mol. The summed E-state index contributed by atoms with van der Waals surface area (Å²) in [5.74, 6) is 0. The molecule has 1 aromatic heterocycles. The lowest BCUT2D eigenvalue weighted by molar-refractivity contribution is 0.690. The summed E-state index contributed by atoms with van der Waals surface area (Å²) in [6.45, 7) is 0. The average molecular weight is 311 g/mol. The van der Waals surface area contributed by atoms with E-state index in [-0.39, 0.29) is 0 Å². The van der Waals surface area contributed by atoms with Crippen LogP contribution < -0.4 is 0 Å². The standard InChI is InChI=1S/C18H16.C5H5N/c1-3-7-15-13(5-1)9-11-18-16-8-4-2-6-14(16)10-12-17(15)18;1-2-4-6-5-3-1/h1,3,5,7,9-12H,2,4,6,8H2;1-5H. The molecule has 0 fully saturated rings. The van der Waals surface area contributed by atoms with Crippen LogP contribution in [0.25, 0.3) is 21.5 Å². The monoisotopic (exact) mass is 311 g/mol. The van der Waals surface area contributed by atoms with E-state index in [1.807, 2.05) is 18.2 Å². The van der Waals surface area contributed by atoms with Crippen LogP contribution in [0, 0.1) is 0 Å². The largest absolute Gasteiger partial charge is 0.265 e. The molecule has 1 aliphatic carbocycles. The van der Waals surface area contributed by atoms with Gasteiger partial charge in [-0.3, -0.25) is 4.98 Å². The van der Waals surface area contributed by atoms with E-state index in [0.29, 0.717) is 0 Å². The van der Waals surface area contributed by atoms with Crippen LogP contribution in [0.2, 0.25) is 0 Å². The summed E-state index contributed by atoms with van der Waals surface area (Å²) in [4.78, 5) is 3.78. The van der Waals surface area contributed by atoms with E-state index in [9.17, 15) is 0 Å². The first-order valence-electron chi connectivity index (χ1n) is 8.71. The highest BCUT2D eigenvalue weighted by molar-refractivity contribution is 6.08. The van der Waals surface area contributed by atoms with E-state index in [1.54, 1.807) is 23.5 Å². The summed E-state index contributed by atoms with van der Waals surface area (Å²) in [5, 5.41) is 5.64. The first-order chi connectivity index (χ1) is 11.9. The predicted molar refractivity (Wildman–Crippen MR) is 102 cm³/mol. The molecule has 0 atom stereocenters. The van der Waals surface area contributed by atoms with Crippen LogP contribution >= 0.6 is 0 Å². The highest BCUT2D eigenvalue weighted by atomic mass is 14.6. The minimum absolute atomic E-state index is 1.25. The van der Waals surface area contributed by atoms with E-state index >= 15 is 0 Å². The summed E-state index contributed by atoms with van der Waals surface area (Å²) in [6.07, 6.45) is 8.72. The van der Waals surface area contributed by atoms with Crippen LogP contribution in [0.1, 0.15) is 24.0 Å². The summed E-state index contributed by atoms with van der Waals surface area (Å²) in [7, 11) is 0. The molecule has 0 aliphatic heterocycles. The minimum atomic E-state index is 1.25. The summed E-state index contributed by atoms with van der Waals surface area (Å²) >= 11 is 0. The minimum Gasteiger partial charge on any atom is -0.265 e. The van der Waals surface area contributed by atoms with Crippen molar-refractivity contribution in [2.24, 2.45) is 0 Å². The number of fused-ring (bicyclic) bond motifs is 5. The van der Waals surface area contributed by atoms with E-state index in [1.165, 1.54) is 47.2 Å². The van der Waals surface area contributed by atoms with Gasteiger partial charge in [0.2, 0.25) is 0 Å². The van der Waals surface area contributed by atoms with Gasteiger partial charge in [0.15, 0.2) is 0 Å². The third kappa shape index (κ3) is 2.90. The van der Waals surface area contributed by atoms with Crippen molar-refractivity contribution in [1.29, 1.82) is 0 Å². The summed E-state index contributed by atoms with van der Waals surface area (Å²) in [6, 6.07) is 23.7. The Labute approximate surface area is 143 Å². The van der Waals surface area contributed by atoms with Gasteiger partial charge in [0.05, 0.1) is 0 Å².